The minimum atomic E-state index is -3.69. The lowest BCUT2D eigenvalue weighted by Crippen LogP contribution is -2.14. The summed E-state index contributed by atoms with van der Waals surface area (Å²) in [5, 5.41) is 7.80. The SMILES string of the molecule is CS(=O)(=O)CCNc1ccc(S(N)(=O)=O)cc1. The van der Waals surface area contributed by atoms with Gasteiger partial charge in [-0.15, -0.1) is 0 Å². The van der Waals surface area contributed by atoms with Crippen LogP contribution in [0.1, 0.15) is 0 Å². The molecule has 0 unspecified atom stereocenters. The molecule has 0 spiro atoms. The number of benzene rings is 1. The second kappa shape index (κ2) is 5.03. The fourth-order valence-electron chi connectivity index (χ4n) is 1.14. The van der Waals surface area contributed by atoms with Gasteiger partial charge in [0.2, 0.25) is 10.0 Å². The third kappa shape index (κ3) is 5.16. The number of nitrogens with one attached hydrogen (secondary N) is 1. The first-order valence-corrected chi connectivity index (χ1v) is 8.34. The van der Waals surface area contributed by atoms with Crippen LogP contribution in [0, 0.1) is 0 Å². The standard InChI is InChI=1S/C9H14N2O4S2/c1-16(12,13)7-6-11-8-2-4-9(5-3-8)17(10,14)15/h2-5,11H,6-7H2,1H3,(H2,10,14,15). The van der Waals surface area contributed by atoms with Crippen molar-refractivity contribution in [1.29, 1.82) is 0 Å². The van der Waals surface area contributed by atoms with Crippen molar-refractivity contribution >= 4 is 25.5 Å². The number of sulfone groups is 1. The number of primary sulfonamides is 1. The smallest absolute Gasteiger partial charge is 0.238 e. The summed E-state index contributed by atoms with van der Waals surface area (Å²) in [6.07, 6.45) is 1.15. The number of hydrogen-bond donors (Lipinski definition) is 2. The molecule has 0 aliphatic carbocycles. The van der Waals surface area contributed by atoms with E-state index in [9.17, 15) is 16.8 Å². The second-order valence-corrected chi connectivity index (χ2v) is 7.45. The van der Waals surface area contributed by atoms with E-state index >= 15 is 0 Å². The molecule has 96 valence electrons. The maximum atomic E-state index is 11.0. The lowest BCUT2D eigenvalue weighted by molar-refractivity contribution is 0.597. The van der Waals surface area contributed by atoms with Gasteiger partial charge in [0.1, 0.15) is 9.84 Å². The zero-order valence-electron chi connectivity index (χ0n) is 9.25. The number of anilines is 1. The predicted molar refractivity (Wildman–Crippen MR) is 66.0 cm³/mol. The van der Waals surface area contributed by atoms with Gasteiger partial charge in [-0.1, -0.05) is 0 Å². The lowest BCUT2D eigenvalue weighted by atomic mass is 10.3. The Hall–Kier alpha value is -1.12. The van der Waals surface area contributed by atoms with Crippen LogP contribution in [0.2, 0.25) is 0 Å². The van der Waals surface area contributed by atoms with Crippen molar-refractivity contribution in [2.75, 3.05) is 23.9 Å². The topological polar surface area (TPSA) is 106 Å². The van der Waals surface area contributed by atoms with E-state index in [-0.39, 0.29) is 17.2 Å². The second-order valence-electron chi connectivity index (χ2n) is 3.63. The summed E-state index contributed by atoms with van der Waals surface area (Å²) in [7, 11) is -6.69. The Morgan fingerprint density at radius 3 is 2.06 bits per heavy atom. The summed E-state index contributed by atoms with van der Waals surface area (Å²) in [5.41, 5.74) is 0.640. The number of nitrogens with two attached hydrogens (primary N) is 1. The van der Waals surface area contributed by atoms with E-state index in [4.69, 9.17) is 5.14 Å². The van der Waals surface area contributed by atoms with E-state index in [1.54, 1.807) is 0 Å². The molecule has 8 heteroatoms. The first-order chi connectivity index (χ1) is 7.68. The molecule has 0 aromatic heterocycles. The van der Waals surface area contributed by atoms with Crippen molar-refractivity contribution in [3.8, 4) is 0 Å². The molecule has 0 amide bonds. The molecule has 0 radical (unpaired) electrons. The Morgan fingerprint density at radius 1 is 1.12 bits per heavy atom. The molecule has 1 rings (SSSR count). The van der Waals surface area contributed by atoms with Gasteiger partial charge >= 0.3 is 0 Å². The van der Waals surface area contributed by atoms with Crippen molar-refractivity contribution in [3.05, 3.63) is 24.3 Å². The van der Waals surface area contributed by atoms with Crippen molar-refractivity contribution in [3.63, 3.8) is 0 Å². The van der Waals surface area contributed by atoms with Crippen LogP contribution in [0.15, 0.2) is 29.2 Å². The summed E-state index contributed by atoms with van der Waals surface area (Å²) >= 11 is 0. The van der Waals surface area contributed by atoms with Gasteiger partial charge in [0, 0.05) is 18.5 Å². The molecule has 0 bridgehead atoms. The van der Waals surface area contributed by atoms with Gasteiger partial charge in [-0.3, -0.25) is 0 Å². The van der Waals surface area contributed by atoms with Crippen LogP contribution in [-0.4, -0.2) is 35.4 Å². The Bertz CT molecular complexity index is 576. The summed E-state index contributed by atoms with van der Waals surface area (Å²) < 4.78 is 43.7. The Labute approximate surface area is 101 Å². The molecule has 0 aliphatic rings. The van der Waals surface area contributed by atoms with Gasteiger partial charge < -0.3 is 5.32 Å². The Balaban J connectivity index is 2.64. The monoisotopic (exact) mass is 278 g/mol. The molecule has 0 fully saturated rings. The van der Waals surface area contributed by atoms with Gasteiger partial charge in [-0.25, -0.2) is 22.0 Å². The summed E-state index contributed by atoms with van der Waals surface area (Å²) in [4.78, 5) is 0.0196. The van der Waals surface area contributed by atoms with Crippen LogP contribution < -0.4 is 10.5 Å². The van der Waals surface area contributed by atoms with E-state index in [2.05, 4.69) is 5.32 Å². The fraction of sp³-hybridized carbons (Fsp3) is 0.333. The highest BCUT2D eigenvalue weighted by Gasteiger charge is 2.06. The zero-order valence-corrected chi connectivity index (χ0v) is 10.9. The number of rotatable bonds is 5. The molecular formula is C9H14N2O4S2. The molecule has 0 atom stereocenters. The number of sulfonamides is 1. The zero-order chi connectivity index (χ0) is 13.1. The van der Waals surface area contributed by atoms with Gasteiger partial charge in [0.15, 0.2) is 0 Å². The maximum absolute atomic E-state index is 11.0. The molecule has 6 nitrogen and oxygen atoms in total. The van der Waals surface area contributed by atoms with Gasteiger partial charge in [-0.05, 0) is 24.3 Å². The fourth-order valence-corrected chi connectivity index (χ4v) is 2.13. The van der Waals surface area contributed by atoms with Crippen LogP contribution in [0.5, 0.6) is 0 Å². The van der Waals surface area contributed by atoms with E-state index < -0.39 is 19.9 Å². The van der Waals surface area contributed by atoms with E-state index in [0.29, 0.717) is 5.69 Å². The Morgan fingerprint density at radius 2 is 1.65 bits per heavy atom. The average Bonchev–Trinajstić information content (AvgIpc) is 2.15. The van der Waals surface area contributed by atoms with Crippen molar-refractivity contribution in [2.45, 2.75) is 4.90 Å². The lowest BCUT2D eigenvalue weighted by Gasteiger charge is -2.06. The van der Waals surface area contributed by atoms with Crippen LogP contribution >= 0.6 is 0 Å². The summed E-state index contributed by atoms with van der Waals surface area (Å²) in [6.45, 7) is 0.271. The average molecular weight is 278 g/mol. The van der Waals surface area contributed by atoms with E-state index in [1.807, 2.05) is 0 Å². The minimum absolute atomic E-state index is 0.0178. The van der Waals surface area contributed by atoms with Crippen LogP contribution in [0.4, 0.5) is 5.69 Å². The molecule has 1 aromatic carbocycles. The van der Waals surface area contributed by atoms with Crippen LogP contribution in [-0.2, 0) is 19.9 Å². The van der Waals surface area contributed by atoms with Crippen LogP contribution in [0.25, 0.3) is 0 Å². The predicted octanol–water partition coefficient (Wildman–Crippen LogP) is -0.209. The van der Waals surface area contributed by atoms with E-state index in [0.717, 1.165) is 6.26 Å². The normalized spacial score (nSPS) is 12.4. The molecule has 0 aliphatic heterocycles. The van der Waals surface area contributed by atoms with Gasteiger partial charge in [-0.2, -0.15) is 0 Å². The molecule has 17 heavy (non-hydrogen) atoms. The highest BCUT2D eigenvalue weighted by atomic mass is 32.2. The van der Waals surface area contributed by atoms with Gasteiger partial charge in [0.05, 0.1) is 10.6 Å². The van der Waals surface area contributed by atoms with E-state index in [1.165, 1.54) is 24.3 Å². The molecule has 0 saturated heterocycles. The highest BCUT2D eigenvalue weighted by Crippen LogP contribution is 2.12. The molecule has 0 heterocycles. The summed E-state index contributed by atoms with van der Waals surface area (Å²) in [6, 6.07) is 5.78. The van der Waals surface area contributed by atoms with Crippen molar-refractivity contribution in [1.82, 2.24) is 0 Å². The first-order valence-electron chi connectivity index (χ1n) is 4.73. The minimum Gasteiger partial charge on any atom is -0.384 e. The molecule has 0 saturated carbocycles. The third-order valence-electron chi connectivity index (χ3n) is 1.98. The highest BCUT2D eigenvalue weighted by molar-refractivity contribution is 7.90. The third-order valence-corrected chi connectivity index (χ3v) is 3.86. The summed E-state index contributed by atoms with van der Waals surface area (Å²) in [5.74, 6) is 0.0178. The molecule has 3 N–H and O–H groups in total. The Kier molecular flexibility index (Phi) is 4.12. The quantitative estimate of drug-likeness (QED) is 0.775. The van der Waals surface area contributed by atoms with Gasteiger partial charge in [0.25, 0.3) is 0 Å². The largest absolute Gasteiger partial charge is 0.384 e. The van der Waals surface area contributed by atoms with Crippen molar-refractivity contribution in [2.24, 2.45) is 5.14 Å². The molecular weight excluding hydrogens is 264 g/mol. The maximum Gasteiger partial charge on any atom is 0.238 e. The first kappa shape index (κ1) is 13.9. The van der Waals surface area contributed by atoms with Crippen molar-refractivity contribution < 1.29 is 16.8 Å². The number of hydrogen-bond acceptors (Lipinski definition) is 5. The van der Waals surface area contributed by atoms with Crippen LogP contribution in [0.3, 0.4) is 0 Å². The molecule has 1 aromatic rings.